The Morgan fingerprint density at radius 2 is 1.50 bits per heavy atom. The van der Waals surface area contributed by atoms with E-state index in [9.17, 15) is 14.4 Å². The summed E-state index contributed by atoms with van der Waals surface area (Å²) in [6, 6.07) is 11.2. The molecule has 1 aliphatic carbocycles. The molecule has 4 amide bonds. The van der Waals surface area contributed by atoms with Crippen LogP contribution < -0.4 is 30.7 Å². The molecule has 2 aromatic rings. The van der Waals surface area contributed by atoms with E-state index in [1.807, 2.05) is 0 Å². The molecule has 0 radical (unpaired) electrons. The van der Waals surface area contributed by atoms with Gasteiger partial charge >= 0.3 is 6.03 Å². The van der Waals surface area contributed by atoms with Crippen molar-refractivity contribution in [3.05, 3.63) is 48.0 Å². The number of ether oxygens (including phenoxy) is 2. The van der Waals surface area contributed by atoms with Crippen LogP contribution >= 0.6 is 0 Å². The molecule has 1 heterocycles. The van der Waals surface area contributed by atoms with Gasteiger partial charge in [0.15, 0.2) is 11.5 Å². The number of urea groups is 1. The summed E-state index contributed by atoms with van der Waals surface area (Å²) in [6.45, 7) is 0.927. The zero-order valence-electron chi connectivity index (χ0n) is 16.2. The maximum Gasteiger partial charge on any atom is 0.323 e. The summed E-state index contributed by atoms with van der Waals surface area (Å²) in [4.78, 5) is 35.9. The van der Waals surface area contributed by atoms with Crippen molar-refractivity contribution in [1.82, 2.24) is 10.6 Å². The molecule has 0 bridgehead atoms. The van der Waals surface area contributed by atoms with Crippen molar-refractivity contribution in [1.29, 1.82) is 0 Å². The maximum absolute atomic E-state index is 12.2. The van der Waals surface area contributed by atoms with Crippen LogP contribution in [0.25, 0.3) is 0 Å². The van der Waals surface area contributed by atoms with Gasteiger partial charge in [-0.2, -0.15) is 0 Å². The Bertz CT molecular complexity index is 956. The molecule has 1 saturated carbocycles. The molecule has 9 nitrogen and oxygen atoms in total. The van der Waals surface area contributed by atoms with Crippen molar-refractivity contribution < 1.29 is 23.9 Å². The smallest absolute Gasteiger partial charge is 0.323 e. The molecule has 1 aliphatic heterocycles. The number of benzene rings is 2. The summed E-state index contributed by atoms with van der Waals surface area (Å²) in [6.07, 6.45) is 1.90. The lowest BCUT2D eigenvalue weighted by Crippen LogP contribution is -2.35. The largest absolute Gasteiger partial charge is 0.454 e. The van der Waals surface area contributed by atoms with E-state index in [0.29, 0.717) is 41.5 Å². The molecule has 0 atom stereocenters. The number of anilines is 2. The van der Waals surface area contributed by atoms with Crippen molar-refractivity contribution in [2.45, 2.75) is 12.8 Å². The number of nitrogens with one attached hydrogen (secondary N) is 4. The Balaban J connectivity index is 1.22. The fraction of sp³-hybridized carbons (Fsp3) is 0.286. The number of fused-ring (bicyclic) bond motifs is 1. The van der Waals surface area contributed by atoms with Gasteiger partial charge in [0.05, 0.1) is 0 Å². The monoisotopic (exact) mass is 410 g/mol. The Morgan fingerprint density at radius 3 is 2.27 bits per heavy atom. The summed E-state index contributed by atoms with van der Waals surface area (Å²) in [5, 5.41) is 11.0. The van der Waals surface area contributed by atoms with E-state index in [0.717, 1.165) is 12.8 Å². The molecule has 156 valence electrons. The van der Waals surface area contributed by atoms with E-state index in [1.165, 1.54) is 0 Å². The van der Waals surface area contributed by atoms with Gasteiger partial charge in [-0.15, -0.1) is 0 Å². The second kappa shape index (κ2) is 8.73. The van der Waals surface area contributed by atoms with Crippen molar-refractivity contribution in [2.24, 2.45) is 5.92 Å². The predicted molar refractivity (Wildman–Crippen MR) is 110 cm³/mol. The molecule has 0 saturated heterocycles. The molecule has 4 N–H and O–H groups in total. The second-order valence-corrected chi connectivity index (χ2v) is 7.05. The highest BCUT2D eigenvalue weighted by atomic mass is 16.7. The van der Waals surface area contributed by atoms with Crippen LogP contribution in [-0.2, 0) is 4.79 Å². The van der Waals surface area contributed by atoms with Gasteiger partial charge < -0.3 is 30.7 Å². The molecule has 1 fully saturated rings. The van der Waals surface area contributed by atoms with Crippen LogP contribution in [0.4, 0.5) is 16.2 Å². The van der Waals surface area contributed by atoms with Crippen LogP contribution in [0.3, 0.4) is 0 Å². The zero-order valence-corrected chi connectivity index (χ0v) is 16.2. The minimum atomic E-state index is -0.419. The van der Waals surface area contributed by atoms with Gasteiger partial charge in [0.25, 0.3) is 5.91 Å². The molecule has 4 rings (SSSR count). The van der Waals surface area contributed by atoms with Crippen molar-refractivity contribution >= 4 is 29.2 Å². The fourth-order valence-corrected chi connectivity index (χ4v) is 2.93. The van der Waals surface area contributed by atoms with Gasteiger partial charge in [0.2, 0.25) is 12.7 Å². The Hall–Kier alpha value is -3.75. The summed E-state index contributed by atoms with van der Waals surface area (Å²) in [5.74, 6) is 1.18. The number of carbonyl (C=O) groups excluding carboxylic acids is 3. The lowest BCUT2D eigenvalue weighted by Gasteiger charge is -2.09. The van der Waals surface area contributed by atoms with Gasteiger partial charge in [0, 0.05) is 42.0 Å². The third-order valence-corrected chi connectivity index (χ3v) is 4.69. The lowest BCUT2D eigenvalue weighted by molar-refractivity contribution is -0.122. The first-order valence-corrected chi connectivity index (χ1v) is 9.72. The van der Waals surface area contributed by atoms with Gasteiger partial charge in [-0.3, -0.25) is 9.59 Å². The van der Waals surface area contributed by atoms with Gasteiger partial charge in [-0.1, -0.05) is 0 Å². The number of hydrogen-bond donors (Lipinski definition) is 4. The highest BCUT2D eigenvalue weighted by Gasteiger charge is 2.29. The quantitative estimate of drug-likeness (QED) is 0.523. The standard InChI is InChI=1S/C21H22N4O5/c26-19(13-1-2-13)22-9-10-23-20(27)14-3-5-15(6-4-14)24-21(28)25-16-7-8-17-18(11-16)30-12-29-17/h3-8,11,13H,1-2,9-10,12H2,(H,22,26)(H,23,27)(H2,24,25,28). The molecular formula is C21H22N4O5. The van der Waals surface area contributed by atoms with E-state index < -0.39 is 6.03 Å². The molecule has 30 heavy (non-hydrogen) atoms. The predicted octanol–water partition coefficient (Wildman–Crippen LogP) is 2.32. The van der Waals surface area contributed by atoms with Crippen molar-refractivity contribution in [3.8, 4) is 11.5 Å². The average molecular weight is 410 g/mol. The van der Waals surface area contributed by atoms with E-state index in [1.54, 1.807) is 42.5 Å². The van der Waals surface area contributed by atoms with E-state index in [-0.39, 0.29) is 24.5 Å². The second-order valence-electron chi connectivity index (χ2n) is 7.05. The molecule has 0 spiro atoms. The summed E-state index contributed by atoms with van der Waals surface area (Å²) in [7, 11) is 0. The van der Waals surface area contributed by atoms with Crippen LogP contribution in [0, 0.1) is 5.92 Å². The first-order valence-electron chi connectivity index (χ1n) is 9.72. The van der Waals surface area contributed by atoms with Gasteiger partial charge in [-0.05, 0) is 49.2 Å². The highest BCUT2D eigenvalue weighted by molar-refractivity contribution is 6.00. The van der Waals surface area contributed by atoms with E-state index in [2.05, 4.69) is 21.3 Å². The number of rotatable bonds is 7. The molecule has 0 aromatic heterocycles. The van der Waals surface area contributed by atoms with Gasteiger partial charge in [-0.25, -0.2) is 4.79 Å². The Morgan fingerprint density at radius 1 is 0.833 bits per heavy atom. The Labute approximate surface area is 173 Å². The summed E-state index contributed by atoms with van der Waals surface area (Å²) >= 11 is 0. The summed E-state index contributed by atoms with van der Waals surface area (Å²) in [5.41, 5.74) is 1.58. The SMILES string of the molecule is O=C(Nc1ccc(C(=O)NCCNC(=O)C2CC2)cc1)Nc1ccc2c(c1)OCO2. The van der Waals surface area contributed by atoms with E-state index >= 15 is 0 Å². The maximum atomic E-state index is 12.2. The van der Waals surface area contributed by atoms with Crippen molar-refractivity contribution in [2.75, 3.05) is 30.5 Å². The minimum Gasteiger partial charge on any atom is -0.454 e. The first kappa shape index (κ1) is 19.6. The fourth-order valence-electron chi connectivity index (χ4n) is 2.93. The lowest BCUT2D eigenvalue weighted by atomic mass is 10.2. The third-order valence-electron chi connectivity index (χ3n) is 4.69. The number of hydrogen-bond acceptors (Lipinski definition) is 5. The highest BCUT2D eigenvalue weighted by Crippen LogP contribution is 2.34. The number of carbonyl (C=O) groups is 3. The number of amides is 4. The zero-order chi connectivity index (χ0) is 20.9. The normalized spacial score (nSPS) is 14.0. The first-order chi connectivity index (χ1) is 14.6. The Kier molecular flexibility index (Phi) is 5.69. The van der Waals surface area contributed by atoms with Gasteiger partial charge in [0.1, 0.15) is 0 Å². The van der Waals surface area contributed by atoms with Crippen LogP contribution in [0.2, 0.25) is 0 Å². The topological polar surface area (TPSA) is 118 Å². The molecule has 2 aliphatic rings. The molecule has 0 unspecified atom stereocenters. The molecule has 9 heteroatoms. The van der Waals surface area contributed by atoms with E-state index in [4.69, 9.17) is 9.47 Å². The minimum absolute atomic E-state index is 0.0544. The van der Waals surface area contributed by atoms with Crippen LogP contribution in [0.1, 0.15) is 23.2 Å². The van der Waals surface area contributed by atoms with Crippen molar-refractivity contribution in [3.63, 3.8) is 0 Å². The molecular weight excluding hydrogens is 388 g/mol. The molecule has 2 aromatic carbocycles. The van der Waals surface area contributed by atoms with Crippen LogP contribution in [0.15, 0.2) is 42.5 Å². The summed E-state index contributed by atoms with van der Waals surface area (Å²) < 4.78 is 10.5. The third kappa shape index (κ3) is 4.99. The van der Waals surface area contributed by atoms with Crippen LogP contribution in [0.5, 0.6) is 11.5 Å². The van der Waals surface area contributed by atoms with Crippen LogP contribution in [-0.4, -0.2) is 37.7 Å². The average Bonchev–Trinajstić information content (AvgIpc) is 3.49.